The van der Waals surface area contributed by atoms with E-state index in [4.69, 9.17) is 4.74 Å². The first-order valence-electron chi connectivity index (χ1n) is 7.55. The average Bonchev–Trinajstić information content (AvgIpc) is 2.87. The number of aryl methyl sites for hydroxylation is 1. The number of aromatic nitrogens is 1. The van der Waals surface area contributed by atoms with Gasteiger partial charge in [-0.3, -0.25) is 10.1 Å². The monoisotopic (exact) mass is 347 g/mol. The molecule has 7 heteroatoms. The summed E-state index contributed by atoms with van der Waals surface area (Å²) in [6.45, 7) is 5.29. The second-order valence-corrected chi connectivity index (χ2v) is 6.78. The van der Waals surface area contributed by atoms with Crippen LogP contribution in [-0.2, 0) is 4.74 Å². The van der Waals surface area contributed by atoms with E-state index in [0.717, 1.165) is 17.0 Å². The second-order valence-electron chi connectivity index (χ2n) is 5.78. The lowest BCUT2D eigenvalue weighted by Crippen LogP contribution is -2.13. The third-order valence-electron chi connectivity index (χ3n) is 3.19. The quantitative estimate of drug-likeness (QED) is 0.840. The van der Waals surface area contributed by atoms with Gasteiger partial charge in [-0.1, -0.05) is 11.3 Å². The fourth-order valence-corrected chi connectivity index (χ4v) is 2.83. The molecule has 0 aliphatic rings. The summed E-state index contributed by atoms with van der Waals surface area (Å²) in [7, 11) is 3.87. The minimum absolute atomic E-state index is 0.202. The summed E-state index contributed by atoms with van der Waals surface area (Å²) in [5, 5.41) is 3.10. The summed E-state index contributed by atoms with van der Waals surface area (Å²) >= 11 is 1.11. The van der Waals surface area contributed by atoms with Crippen LogP contribution in [0.25, 0.3) is 0 Å². The molecule has 1 N–H and O–H groups in total. The van der Waals surface area contributed by atoms with Gasteiger partial charge in [0.05, 0.1) is 11.8 Å². The van der Waals surface area contributed by atoms with Crippen LogP contribution < -0.4 is 10.2 Å². The normalized spacial score (nSPS) is 10.6. The van der Waals surface area contributed by atoms with Gasteiger partial charge in [0.25, 0.3) is 5.91 Å². The van der Waals surface area contributed by atoms with E-state index >= 15 is 0 Å². The number of nitrogens with zero attached hydrogens (tertiary/aromatic N) is 2. The average molecular weight is 347 g/mol. The van der Waals surface area contributed by atoms with Crippen molar-refractivity contribution in [1.29, 1.82) is 0 Å². The molecule has 1 amide bonds. The lowest BCUT2D eigenvalue weighted by atomic mass is 10.2. The maximum atomic E-state index is 12.3. The number of carbonyl (C=O) groups is 2. The number of benzene rings is 1. The number of hydrogen-bond donors (Lipinski definition) is 1. The Morgan fingerprint density at radius 1 is 1.21 bits per heavy atom. The predicted octanol–water partition coefficient (Wildman–Crippen LogP) is 3.34. The first-order valence-corrected chi connectivity index (χ1v) is 8.36. The number of hydrogen-bond acceptors (Lipinski definition) is 6. The zero-order chi connectivity index (χ0) is 17.9. The maximum Gasteiger partial charge on any atom is 0.350 e. The Bertz CT molecular complexity index is 736. The fraction of sp³-hybridized carbons (Fsp3) is 0.353. The first-order chi connectivity index (χ1) is 11.3. The van der Waals surface area contributed by atoms with Crippen molar-refractivity contribution in [1.82, 2.24) is 4.98 Å². The van der Waals surface area contributed by atoms with Crippen molar-refractivity contribution in [3.63, 3.8) is 0 Å². The van der Waals surface area contributed by atoms with Gasteiger partial charge >= 0.3 is 5.97 Å². The topological polar surface area (TPSA) is 71.5 Å². The molecular weight excluding hydrogens is 326 g/mol. The van der Waals surface area contributed by atoms with Crippen LogP contribution in [0.1, 0.15) is 39.6 Å². The number of carbonyl (C=O) groups excluding carboxylic acids is 2. The molecule has 0 saturated heterocycles. The highest BCUT2D eigenvalue weighted by atomic mass is 32.1. The number of nitrogens with one attached hydrogen (secondary N) is 1. The highest BCUT2D eigenvalue weighted by Crippen LogP contribution is 2.24. The summed E-state index contributed by atoms with van der Waals surface area (Å²) in [5.41, 5.74) is 2.08. The minimum Gasteiger partial charge on any atom is -0.459 e. The van der Waals surface area contributed by atoms with E-state index in [0.29, 0.717) is 21.3 Å². The molecule has 0 saturated carbocycles. The predicted molar refractivity (Wildman–Crippen MR) is 96.1 cm³/mol. The van der Waals surface area contributed by atoms with Gasteiger partial charge in [0.15, 0.2) is 5.13 Å². The molecule has 1 aromatic heterocycles. The highest BCUT2D eigenvalue weighted by Gasteiger charge is 2.19. The van der Waals surface area contributed by atoms with Crippen molar-refractivity contribution in [3.05, 3.63) is 40.4 Å². The van der Waals surface area contributed by atoms with Crippen molar-refractivity contribution in [2.24, 2.45) is 0 Å². The highest BCUT2D eigenvalue weighted by molar-refractivity contribution is 7.17. The smallest absolute Gasteiger partial charge is 0.350 e. The molecule has 6 nitrogen and oxygen atoms in total. The van der Waals surface area contributed by atoms with E-state index < -0.39 is 5.97 Å². The molecule has 0 aliphatic carbocycles. The number of anilines is 2. The van der Waals surface area contributed by atoms with Crippen molar-refractivity contribution >= 4 is 34.0 Å². The molecule has 0 fully saturated rings. The van der Waals surface area contributed by atoms with Gasteiger partial charge in [-0.05, 0) is 45.0 Å². The molecule has 0 unspecified atom stereocenters. The van der Waals surface area contributed by atoms with Crippen molar-refractivity contribution in [2.75, 3.05) is 24.3 Å². The molecule has 1 aromatic carbocycles. The number of thiazole rings is 1. The first kappa shape index (κ1) is 17.9. The third-order valence-corrected chi connectivity index (χ3v) is 4.24. The van der Waals surface area contributed by atoms with Crippen molar-refractivity contribution in [2.45, 2.75) is 26.9 Å². The van der Waals surface area contributed by atoms with Crippen molar-refractivity contribution < 1.29 is 14.3 Å². The van der Waals surface area contributed by atoms with Gasteiger partial charge in [-0.25, -0.2) is 9.78 Å². The fourth-order valence-electron chi connectivity index (χ4n) is 1.99. The summed E-state index contributed by atoms with van der Waals surface area (Å²) in [6, 6.07) is 7.24. The van der Waals surface area contributed by atoms with Crippen LogP contribution in [0.3, 0.4) is 0 Å². The largest absolute Gasteiger partial charge is 0.459 e. The lowest BCUT2D eigenvalue weighted by molar-refractivity contribution is 0.0382. The van der Waals surface area contributed by atoms with Gasteiger partial charge in [-0.2, -0.15) is 0 Å². The van der Waals surface area contributed by atoms with E-state index in [2.05, 4.69) is 10.3 Å². The molecule has 0 bridgehead atoms. The zero-order valence-corrected chi connectivity index (χ0v) is 15.2. The molecule has 0 spiro atoms. The van der Waals surface area contributed by atoms with E-state index in [1.54, 1.807) is 32.9 Å². The third kappa shape index (κ3) is 4.32. The van der Waals surface area contributed by atoms with Gasteiger partial charge in [-0.15, -0.1) is 0 Å². The molecule has 2 aromatic rings. The van der Waals surface area contributed by atoms with E-state index in [9.17, 15) is 9.59 Å². The standard InChI is InChI=1S/C17H21N3O3S/c1-10(2)23-16(22)14-11(3)18-17(24-14)19-15(21)12-6-8-13(9-7-12)20(4)5/h6-10H,1-5H3,(H,18,19,21). The van der Waals surface area contributed by atoms with Crippen LogP contribution >= 0.6 is 11.3 Å². The van der Waals surface area contributed by atoms with Crippen LogP contribution in [0, 0.1) is 6.92 Å². The van der Waals surface area contributed by atoms with E-state index in [1.807, 2.05) is 31.1 Å². The Balaban J connectivity index is 2.10. The Labute approximate surface area is 145 Å². The van der Waals surface area contributed by atoms with Crippen LogP contribution in [0.5, 0.6) is 0 Å². The SMILES string of the molecule is Cc1nc(NC(=O)c2ccc(N(C)C)cc2)sc1C(=O)OC(C)C. The Morgan fingerprint density at radius 3 is 2.38 bits per heavy atom. The molecule has 128 valence electrons. The molecule has 0 radical (unpaired) electrons. The lowest BCUT2D eigenvalue weighted by Gasteiger charge is -2.12. The van der Waals surface area contributed by atoms with E-state index in [1.165, 1.54) is 0 Å². The summed E-state index contributed by atoms with van der Waals surface area (Å²) in [5.74, 6) is -0.686. The Hall–Kier alpha value is -2.41. The van der Waals surface area contributed by atoms with Crippen LogP contribution in [0.2, 0.25) is 0 Å². The van der Waals surface area contributed by atoms with Gasteiger partial charge in [0.1, 0.15) is 4.88 Å². The van der Waals surface area contributed by atoms with Crippen LogP contribution in [0.15, 0.2) is 24.3 Å². The molecule has 24 heavy (non-hydrogen) atoms. The van der Waals surface area contributed by atoms with Gasteiger partial charge < -0.3 is 9.64 Å². The zero-order valence-electron chi connectivity index (χ0n) is 14.4. The van der Waals surface area contributed by atoms with Crippen molar-refractivity contribution in [3.8, 4) is 0 Å². The Morgan fingerprint density at radius 2 is 1.83 bits per heavy atom. The maximum absolute atomic E-state index is 12.3. The van der Waals surface area contributed by atoms with Gasteiger partial charge in [0.2, 0.25) is 0 Å². The second kappa shape index (κ2) is 7.44. The molecule has 1 heterocycles. The Kier molecular flexibility index (Phi) is 5.56. The molecular formula is C17H21N3O3S. The molecule has 2 rings (SSSR count). The van der Waals surface area contributed by atoms with E-state index in [-0.39, 0.29) is 12.0 Å². The summed E-state index contributed by atoms with van der Waals surface area (Å²) in [4.78, 5) is 30.9. The number of amides is 1. The summed E-state index contributed by atoms with van der Waals surface area (Å²) in [6.07, 6.45) is -0.202. The number of rotatable bonds is 5. The van der Waals surface area contributed by atoms with Gasteiger partial charge in [0, 0.05) is 25.3 Å². The molecule has 0 atom stereocenters. The number of esters is 1. The number of ether oxygens (including phenoxy) is 1. The van der Waals surface area contributed by atoms with Crippen LogP contribution in [0.4, 0.5) is 10.8 Å². The molecule has 0 aliphatic heterocycles. The van der Waals surface area contributed by atoms with Crippen LogP contribution in [-0.4, -0.2) is 37.1 Å². The minimum atomic E-state index is -0.421. The summed E-state index contributed by atoms with van der Waals surface area (Å²) < 4.78 is 5.17.